The third kappa shape index (κ3) is 4.33. The third-order valence-corrected chi connectivity index (χ3v) is 5.50. The topological polar surface area (TPSA) is 178 Å². The van der Waals surface area contributed by atoms with Crippen molar-refractivity contribution >= 4 is 24.3 Å². The van der Waals surface area contributed by atoms with Crippen LogP contribution >= 0.6 is 7.60 Å². The fourth-order valence-electron chi connectivity index (χ4n) is 3.00. The number of aromatic nitrogens is 2. The predicted octanol–water partition coefficient (Wildman–Crippen LogP) is 1.65. The Labute approximate surface area is 162 Å². The van der Waals surface area contributed by atoms with E-state index in [0.29, 0.717) is 0 Å². The Hall–Kier alpha value is -3.11. The summed E-state index contributed by atoms with van der Waals surface area (Å²) in [5, 5.41) is 14.1. The van der Waals surface area contributed by atoms with E-state index in [1.54, 1.807) is 37.3 Å². The Morgan fingerprint density at radius 1 is 1.10 bits per heavy atom. The van der Waals surface area contributed by atoms with Crippen LogP contribution in [-0.2, 0) is 4.57 Å². The standard InChI is InChI=1S/C17H17N4O7P/c1-9(10-5-3-2-4-6-10)18-17(29(26,27)28)12-7-11(21(24)25)8-13-14(12)20-16(23)15(22)19-13/h2-9,17-18H,1H3,(H,19,22)(H,20,23)(H2,26,27,28)/t9-,17-/m1/s1. The first-order valence-electron chi connectivity index (χ1n) is 8.39. The molecule has 0 bridgehead atoms. The van der Waals surface area contributed by atoms with Gasteiger partial charge in [-0.05, 0) is 12.5 Å². The Bertz CT molecular complexity index is 1230. The van der Waals surface area contributed by atoms with Crippen LogP contribution in [0.15, 0.2) is 52.1 Å². The number of nitro groups is 1. The van der Waals surface area contributed by atoms with Gasteiger partial charge in [-0.3, -0.25) is 29.6 Å². The molecule has 5 N–H and O–H groups in total. The van der Waals surface area contributed by atoms with Gasteiger partial charge in [-0.15, -0.1) is 0 Å². The highest BCUT2D eigenvalue weighted by Gasteiger charge is 2.35. The molecule has 0 aliphatic heterocycles. The van der Waals surface area contributed by atoms with Gasteiger partial charge in [-0.25, -0.2) is 0 Å². The number of benzene rings is 2. The largest absolute Gasteiger partial charge is 0.346 e. The molecule has 12 heteroatoms. The highest BCUT2D eigenvalue weighted by molar-refractivity contribution is 7.52. The van der Waals surface area contributed by atoms with E-state index in [1.165, 1.54) is 0 Å². The molecule has 3 aromatic rings. The lowest BCUT2D eigenvalue weighted by molar-refractivity contribution is -0.384. The van der Waals surface area contributed by atoms with E-state index < -0.39 is 41.1 Å². The lowest BCUT2D eigenvalue weighted by atomic mass is 10.1. The summed E-state index contributed by atoms with van der Waals surface area (Å²) in [7, 11) is -4.90. The number of H-pyrrole nitrogens is 2. The van der Waals surface area contributed by atoms with Crippen LogP contribution in [0.5, 0.6) is 0 Å². The van der Waals surface area contributed by atoms with Gasteiger partial charge in [0.15, 0.2) is 0 Å². The molecule has 0 spiro atoms. The zero-order valence-corrected chi connectivity index (χ0v) is 15.9. The van der Waals surface area contributed by atoms with Gasteiger partial charge in [0, 0.05) is 23.7 Å². The molecule has 0 saturated heterocycles. The molecular formula is C17H17N4O7P. The molecule has 2 atom stereocenters. The monoisotopic (exact) mass is 420 g/mol. The van der Waals surface area contributed by atoms with Gasteiger partial charge in [0.25, 0.3) is 5.69 Å². The number of nitro benzene ring substituents is 1. The molecule has 1 aromatic heterocycles. The van der Waals surface area contributed by atoms with Gasteiger partial charge < -0.3 is 19.8 Å². The van der Waals surface area contributed by atoms with E-state index in [0.717, 1.165) is 17.7 Å². The highest BCUT2D eigenvalue weighted by Crippen LogP contribution is 2.52. The molecule has 0 aliphatic rings. The van der Waals surface area contributed by atoms with Gasteiger partial charge in [-0.1, -0.05) is 30.3 Å². The minimum Gasteiger partial charge on any atom is -0.323 e. The van der Waals surface area contributed by atoms with Crippen LogP contribution < -0.4 is 16.4 Å². The summed E-state index contributed by atoms with van der Waals surface area (Å²) >= 11 is 0. The van der Waals surface area contributed by atoms with Crippen LogP contribution in [0.2, 0.25) is 0 Å². The maximum atomic E-state index is 12.3. The van der Waals surface area contributed by atoms with Crippen molar-refractivity contribution in [1.82, 2.24) is 15.3 Å². The molecule has 0 fully saturated rings. The quantitative estimate of drug-likeness (QED) is 0.173. The Morgan fingerprint density at radius 3 is 2.31 bits per heavy atom. The van der Waals surface area contributed by atoms with Crippen LogP contribution in [0, 0.1) is 10.1 Å². The summed E-state index contributed by atoms with van der Waals surface area (Å²) in [6, 6.07) is 10.2. The van der Waals surface area contributed by atoms with Crippen molar-refractivity contribution in [2.75, 3.05) is 0 Å². The molecule has 11 nitrogen and oxygen atoms in total. The summed E-state index contributed by atoms with van der Waals surface area (Å²) in [6.45, 7) is 1.67. The molecule has 0 radical (unpaired) electrons. The number of rotatable bonds is 6. The molecule has 0 aliphatic carbocycles. The number of nitrogens with one attached hydrogen (secondary N) is 3. The summed E-state index contributed by atoms with van der Waals surface area (Å²) in [4.78, 5) is 58.3. The van der Waals surface area contributed by atoms with Crippen LogP contribution in [0.1, 0.15) is 29.9 Å². The average Bonchev–Trinajstić information content (AvgIpc) is 2.66. The zero-order chi connectivity index (χ0) is 21.3. The molecule has 0 unspecified atom stereocenters. The molecular weight excluding hydrogens is 403 g/mol. The van der Waals surface area contributed by atoms with Crippen molar-refractivity contribution in [3.8, 4) is 0 Å². The van der Waals surface area contributed by atoms with Crippen molar-refractivity contribution in [2.24, 2.45) is 0 Å². The minimum atomic E-state index is -4.90. The lowest BCUT2D eigenvalue weighted by Gasteiger charge is -2.25. The second-order valence-corrected chi connectivity index (χ2v) is 8.11. The lowest BCUT2D eigenvalue weighted by Crippen LogP contribution is -2.30. The van der Waals surface area contributed by atoms with Gasteiger partial charge >= 0.3 is 18.7 Å². The van der Waals surface area contributed by atoms with Gasteiger partial charge in [0.2, 0.25) is 0 Å². The molecule has 0 saturated carbocycles. The summed E-state index contributed by atoms with van der Waals surface area (Å²) in [5.74, 6) is -1.68. The second-order valence-electron chi connectivity index (χ2n) is 6.41. The molecule has 0 amide bonds. The van der Waals surface area contributed by atoms with Crippen molar-refractivity contribution in [2.45, 2.75) is 18.7 Å². The van der Waals surface area contributed by atoms with Crippen LogP contribution in [0.25, 0.3) is 11.0 Å². The number of hydrogen-bond donors (Lipinski definition) is 5. The highest BCUT2D eigenvalue weighted by atomic mass is 31.2. The van der Waals surface area contributed by atoms with E-state index in [-0.39, 0.29) is 16.6 Å². The molecule has 3 rings (SSSR count). The molecule has 1 heterocycles. The van der Waals surface area contributed by atoms with Gasteiger partial charge in [0.05, 0.1) is 16.0 Å². The fraction of sp³-hybridized carbons (Fsp3) is 0.176. The maximum Gasteiger partial charge on any atom is 0.346 e. The maximum absolute atomic E-state index is 12.3. The Morgan fingerprint density at radius 2 is 1.72 bits per heavy atom. The van der Waals surface area contributed by atoms with Crippen molar-refractivity contribution in [3.05, 3.63) is 84.4 Å². The van der Waals surface area contributed by atoms with Gasteiger partial charge in [-0.2, -0.15) is 0 Å². The minimum absolute atomic E-state index is 0.110. The first-order valence-corrected chi connectivity index (χ1v) is 10.1. The SMILES string of the molecule is C[C@@H](N[C@@H](c1cc([N+](=O)[O-])cc2[nH]c(=O)c(=O)[nH]c12)P(=O)(O)O)c1ccccc1. The Kier molecular flexibility index (Phi) is 5.49. The normalized spacial score (nSPS) is 13.9. The number of fused-ring (bicyclic) bond motifs is 1. The van der Waals surface area contributed by atoms with E-state index in [4.69, 9.17) is 0 Å². The zero-order valence-electron chi connectivity index (χ0n) is 15.0. The third-order valence-electron chi connectivity index (χ3n) is 4.40. The average molecular weight is 420 g/mol. The van der Waals surface area contributed by atoms with Gasteiger partial charge in [0.1, 0.15) is 5.78 Å². The van der Waals surface area contributed by atoms with Crippen molar-refractivity contribution < 1.29 is 19.3 Å². The van der Waals surface area contributed by atoms with Crippen LogP contribution in [0.4, 0.5) is 5.69 Å². The Balaban J connectivity index is 2.23. The van der Waals surface area contributed by atoms with Crippen molar-refractivity contribution in [3.63, 3.8) is 0 Å². The smallest absolute Gasteiger partial charge is 0.323 e. The van der Waals surface area contributed by atoms with E-state index in [1.807, 2.05) is 0 Å². The number of nitrogens with zero attached hydrogens (tertiary/aromatic N) is 1. The number of non-ortho nitro benzene ring substituents is 1. The number of hydrogen-bond acceptors (Lipinski definition) is 6. The van der Waals surface area contributed by atoms with E-state index in [2.05, 4.69) is 15.3 Å². The molecule has 2 aromatic carbocycles. The summed E-state index contributed by atoms with van der Waals surface area (Å²) in [6.07, 6.45) is 0. The number of aromatic amines is 2. The summed E-state index contributed by atoms with van der Waals surface area (Å²) in [5.41, 5.74) is -2.30. The first-order chi connectivity index (χ1) is 13.6. The molecule has 29 heavy (non-hydrogen) atoms. The predicted molar refractivity (Wildman–Crippen MR) is 105 cm³/mol. The second kappa shape index (κ2) is 7.72. The first kappa shape index (κ1) is 20.6. The van der Waals surface area contributed by atoms with Crippen LogP contribution in [0.3, 0.4) is 0 Å². The molecule has 152 valence electrons. The van der Waals surface area contributed by atoms with Crippen LogP contribution in [-0.4, -0.2) is 24.7 Å². The van der Waals surface area contributed by atoms with E-state index in [9.17, 15) is 34.1 Å². The summed E-state index contributed by atoms with van der Waals surface area (Å²) < 4.78 is 12.3. The van der Waals surface area contributed by atoms with E-state index >= 15 is 0 Å². The fourth-order valence-corrected chi connectivity index (χ4v) is 3.98. The van der Waals surface area contributed by atoms with Crippen molar-refractivity contribution in [1.29, 1.82) is 0 Å².